The predicted octanol–water partition coefficient (Wildman–Crippen LogP) is 4.15. The van der Waals surface area contributed by atoms with Gasteiger partial charge in [0.15, 0.2) is 5.16 Å². The van der Waals surface area contributed by atoms with E-state index in [0.29, 0.717) is 0 Å². The topological polar surface area (TPSA) is 47.7 Å². The highest BCUT2D eigenvalue weighted by molar-refractivity contribution is 7.99. The summed E-state index contributed by atoms with van der Waals surface area (Å²) < 4.78 is 4.37. The Labute approximate surface area is 151 Å². The van der Waals surface area contributed by atoms with Crippen LogP contribution in [0.3, 0.4) is 0 Å². The quantitative estimate of drug-likeness (QED) is 0.419. The second-order valence-electron chi connectivity index (χ2n) is 5.89. The largest absolute Gasteiger partial charge is 0.355 e. The SMILES string of the molecule is CCn1c(NCCSc2nc3ccccc3n2C)nc2ccccc21. The fourth-order valence-electron chi connectivity index (χ4n) is 3.09. The zero-order valence-corrected chi connectivity index (χ0v) is 15.3. The van der Waals surface area contributed by atoms with Gasteiger partial charge in [0.2, 0.25) is 5.95 Å². The molecular formula is C19H21N5S. The van der Waals surface area contributed by atoms with Crippen molar-refractivity contribution < 1.29 is 0 Å². The van der Waals surface area contributed by atoms with Gasteiger partial charge in [-0.2, -0.15) is 0 Å². The summed E-state index contributed by atoms with van der Waals surface area (Å²) >= 11 is 1.76. The fourth-order valence-corrected chi connectivity index (χ4v) is 3.93. The molecule has 2 heterocycles. The van der Waals surface area contributed by atoms with Crippen LogP contribution < -0.4 is 5.32 Å². The number of fused-ring (bicyclic) bond motifs is 2. The minimum absolute atomic E-state index is 0.844. The Morgan fingerprint density at radius 1 is 0.960 bits per heavy atom. The van der Waals surface area contributed by atoms with Crippen molar-refractivity contribution in [2.45, 2.75) is 18.6 Å². The monoisotopic (exact) mass is 351 g/mol. The van der Waals surface area contributed by atoms with E-state index in [1.54, 1.807) is 11.8 Å². The second kappa shape index (κ2) is 6.80. The molecule has 128 valence electrons. The molecular weight excluding hydrogens is 330 g/mol. The van der Waals surface area contributed by atoms with Crippen LogP contribution in [0.4, 0.5) is 5.95 Å². The Hall–Kier alpha value is -2.47. The van der Waals surface area contributed by atoms with Gasteiger partial charge in [0.25, 0.3) is 0 Å². The van der Waals surface area contributed by atoms with Crippen molar-refractivity contribution in [3.05, 3.63) is 48.5 Å². The number of aromatic nitrogens is 4. The third kappa shape index (κ3) is 2.98. The van der Waals surface area contributed by atoms with E-state index in [9.17, 15) is 0 Å². The number of benzene rings is 2. The summed E-state index contributed by atoms with van der Waals surface area (Å²) in [4.78, 5) is 9.40. The van der Waals surface area contributed by atoms with Crippen LogP contribution in [0.15, 0.2) is 53.7 Å². The number of nitrogens with zero attached hydrogens (tertiary/aromatic N) is 4. The van der Waals surface area contributed by atoms with Gasteiger partial charge in [0, 0.05) is 25.9 Å². The van der Waals surface area contributed by atoms with E-state index in [0.717, 1.165) is 41.0 Å². The summed E-state index contributed by atoms with van der Waals surface area (Å²) in [5.74, 6) is 1.87. The molecule has 0 aliphatic carbocycles. The molecule has 0 saturated heterocycles. The number of nitrogens with one attached hydrogen (secondary N) is 1. The van der Waals surface area contributed by atoms with Crippen molar-refractivity contribution >= 4 is 39.8 Å². The van der Waals surface area contributed by atoms with Gasteiger partial charge in [-0.05, 0) is 31.2 Å². The van der Waals surface area contributed by atoms with Gasteiger partial charge in [-0.25, -0.2) is 9.97 Å². The maximum atomic E-state index is 4.70. The van der Waals surface area contributed by atoms with Crippen molar-refractivity contribution in [3.63, 3.8) is 0 Å². The van der Waals surface area contributed by atoms with Crippen molar-refractivity contribution in [1.82, 2.24) is 19.1 Å². The van der Waals surface area contributed by atoms with Crippen molar-refractivity contribution in [2.24, 2.45) is 7.05 Å². The van der Waals surface area contributed by atoms with Crippen LogP contribution in [-0.2, 0) is 13.6 Å². The second-order valence-corrected chi connectivity index (χ2v) is 6.95. The molecule has 4 aromatic rings. The molecule has 0 aliphatic rings. The summed E-state index contributed by atoms with van der Waals surface area (Å²) in [6.07, 6.45) is 0. The number of aryl methyl sites for hydroxylation is 2. The first-order valence-corrected chi connectivity index (χ1v) is 9.50. The van der Waals surface area contributed by atoms with Gasteiger partial charge in [-0.1, -0.05) is 36.0 Å². The Morgan fingerprint density at radius 2 is 1.64 bits per heavy atom. The molecule has 0 atom stereocenters. The molecule has 25 heavy (non-hydrogen) atoms. The first kappa shape index (κ1) is 16.0. The number of rotatable bonds is 6. The highest BCUT2D eigenvalue weighted by Gasteiger charge is 2.10. The van der Waals surface area contributed by atoms with Gasteiger partial charge in [0.05, 0.1) is 22.1 Å². The Bertz CT molecular complexity index is 1020. The average Bonchev–Trinajstić information content (AvgIpc) is 3.16. The van der Waals surface area contributed by atoms with Crippen LogP contribution in [0.1, 0.15) is 6.92 Å². The standard InChI is InChI=1S/C19H21N5S/c1-3-24-17-11-7-5-9-15(17)21-18(24)20-12-13-25-19-22-14-8-4-6-10-16(14)23(19)2/h4-11H,3,12-13H2,1-2H3,(H,20,21). The maximum Gasteiger partial charge on any atom is 0.203 e. The van der Waals surface area contributed by atoms with Gasteiger partial charge in [-0.15, -0.1) is 0 Å². The molecule has 0 amide bonds. The average molecular weight is 351 g/mol. The molecule has 6 heteroatoms. The van der Waals surface area contributed by atoms with Gasteiger partial charge < -0.3 is 14.5 Å². The van der Waals surface area contributed by atoms with E-state index in [1.807, 2.05) is 12.1 Å². The zero-order chi connectivity index (χ0) is 17.2. The number of hydrogen-bond donors (Lipinski definition) is 1. The molecule has 0 bridgehead atoms. The normalized spacial score (nSPS) is 11.4. The van der Waals surface area contributed by atoms with Crippen LogP contribution in [-0.4, -0.2) is 31.4 Å². The van der Waals surface area contributed by atoms with Crippen LogP contribution in [0.25, 0.3) is 22.1 Å². The summed E-state index contributed by atoms with van der Waals surface area (Å²) in [5.41, 5.74) is 4.43. The lowest BCUT2D eigenvalue weighted by molar-refractivity contribution is 0.789. The molecule has 0 radical (unpaired) electrons. The van der Waals surface area contributed by atoms with E-state index in [1.165, 1.54) is 11.0 Å². The van der Waals surface area contributed by atoms with Crippen molar-refractivity contribution in [1.29, 1.82) is 0 Å². The molecule has 0 fully saturated rings. The number of anilines is 1. The Morgan fingerprint density at radius 3 is 2.36 bits per heavy atom. The van der Waals surface area contributed by atoms with E-state index in [4.69, 9.17) is 9.97 Å². The van der Waals surface area contributed by atoms with E-state index < -0.39 is 0 Å². The van der Waals surface area contributed by atoms with Crippen LogP contribution in [0.5, 0.6) is 0 Å². The fraction of sp³-hybridized carbons (Fsp3) is 0.263. The Balaban J connectivity index is 1.43. The molecule has 4 rings (SSSR count). The van der Waals surface area contributed by atoms with Crippen LogP contribution >= 0.6 is 11.8 Å². The lowest BCUT2D eigenvalue weighted by Gasteiger charge is -2.08. The van der Waals surface area contributed by atoms with Gasteiger partial charge in [0.1, 0.15) is 0 Å². The van der Waals surface area contributed by atoms with E-state index in [2.05, 4.69) is 64.8 Å². The predicted molar refractivity (Wildman–Crippen MR) is 105 cm³/mol. The van der Waals surface area contributed by atoms with Crippen molar-refractivity contribution in [3.8, 4) is 0 Å². The number of thioether (sulfide) groups is 1. The molecule has 2 aromatic carbocycles. The molecule has 2 aromatic heterocycles. The van der Waals surface area contributed by atoms with E-state index >= 15 is 0 Å². The first-order chi connectivity index (χ1) is 12.3. The lowest BCUT2D eigenvalue weighted by Crippen LogP contribution is -2.10. The van der Waals surface area contributed by atoms with E-state index in [-0.39, 0.29) is 0 Å². The highest BCUT2D eigenvalue weighted by atomic mass is 32.2. The number of hydrogen-bond acceptors (Lipinski definition) is 4. The van der Waals surface area contributed by atoms with Gasteiger partial charge in [-0.3, -0.25) is 0 Å². The molecule has 5 nitrogen and oxygen atoms in total. The molecule has 0 spiro atoms. The summed E-state index contributed by atoms with van der Waals surface area (Å²) in [6, 6.07) is 16.5. The van der Waals surface area contributed by atoms with Crippen LogP contribution in [0, 0.1) is 0 Å². The third-order valence-electron chi connectivity index (χ3n) is 4.33. The zero-order valence-electron chi connectivity index (χ0n) is 14.4. The molecule has 1 N–H and O–H groups in total. The van der Waals surface area contributed by atoms with Gasteiger partial charge >= 0.3 is 0 Å². The summed E-state index contributed by atoms with van der Waals surface area (Å²) in [7, 11) is 2.07. The smallest absolute Gasteiger partial charge is 0.203 e. The molecule has 0 aliphatic heterocycles. The third-order valence-corrected chi connectivity index (χ3v) is 5.36. The molecule has 0 unspecified atom stereocenters. The van der Waals surface area contributed by atoms with Crippen molar-refractivity contribution in [2.75, 3.05) is 17.6 Å². The lowest BCUT2D eigenvalue weighted by atomic mass is 10.3. The minimum atomic E-state index is 0.844. The Kier molecular flexibility index (Phi) is 4.36. The van der Waals surface area contributed by atoms with Crippen LogP contribution in [0.2, 0.25) is 0 Å². The first-order valence-electron chi connectivity index (χ1n) is 8.51. The minimum Gasteiger partial charge on any atom is -0.355 e. The molecule has 0 saturated carbocycles. The summed E-state index contributed by atoms with van der Waals surface area (Å²) in [6.45, 7) is 3.89. The highest BCUT2D eigenvalue weighted by Crippen LogP contribution is 2.23. The number of para-hydroxylation sites is 4. The maximum absolute atomic E-state index is 4.70. The number of imidazole rings is 2. The summed E-state index contributed by atoms with van der Waals surface area (Å²) in [5, 5.41) is 4.52.